The Kier molecular flexibility index (Phi) is 19.6. The summed E-state index contributed by atoms with van der Waals surface area (Å²) in [7, 11) is -0.746. The molecule has 25 nitrogen and oxygen atoms in total. The molecule has 440 valence electrons. The molecule has 0 unspecified atom stereocenters. The van der Waals surface area contributed by atoms with Gasteiger partial charge in [-0.25, -0.2) is 45.7 Å². The first kappa shape index (κ1) is 62.7. The van der Waals surface area contributed by atoms with Gasteiger partial charge in [0.1, 0.15) is 32.8 Å². The first-order valence-corrected chi connectivity index (χ1v) is 27.4. The summed E-state index contributed by atoms with van der Waals surface area (Å²) in [5.41, 5.74) is 4.56. The van der Waals surface area contributed by atoms with E-state index in [1.165, 1.54) is 85.5 Å². The van der Waals surface area contributed by atoms with Crippen LogP contribution in [-0.4, -0.2) is 137 Å². The van der Waals surface area contributed by atoms with Crippen molar-refractivity contribution in [2.24, 2.45) is 5.73 Å². The van der Waals surface area contributed by atoms with Crippen LogP contribution < -0.4 is 40.0 Å². The molecule has 0 aliphatic heterocycles. The number of aromatic nitrogens is 10. The summed E-state index contributed by atoms with van der Waals surface area (Å²) in [6.07, 6.45) is 0.220. The quantitative estimate of drug-likeness (QED) is 0.0573. The number of sulfone groups is 1. The molecule has 0 spiro atoms. The normalized spacial score (nSPS) is 11.5. The van der Waals surface area contributed by atoms with Crippen LogP contribution in [0.4, 0.5) is 49.6 Å². The third-order valence-corrected chi connectivity index (χ3v) is 12.4. The summed E-state index contributed by atoms with van der Waals surface area (Å²) in [6.45, 7) is 3.08. The van der Waals surface area contributed by atoms with Crippen molar-refractivity contribution in [3.8, 4) is 56.9 Å². The number of carbonyl (C=O) groups is 2. The lowest BCUT2D eigenvalue weighted by Crippen LogP contribution is -2.29. The Morgan fingerprint density at radius 2 is 0.976 bits per heavy atom. The summed E-state index contributed by atoms with van der Waals surface area (Å²) in [5, 5.41) is 22.7. The zero-order valence-electron chi connectivity index (χ0n) is 44.8. The van der Waals surface area contributed by atoms with Crippen LogP contribution in [0, 0.1) is 13.8 Å². The van der Waals surface area contributed by atoms with Gasteiger partial charge in [-0.05, 0) is 38.1 Å². The van der Waals surface area contributed by atoms with E-state index < -0.39 is 55.5 Å². The number of sulfonamides is 1. The average Bonchev–Trinajstić information content (AvgIpc) is 3.93. The van der Waals surface area contributed by atoms with Crippen LogP contribution in [0.2, 0.25) is 0 Å². The number of carbonyl (C=O) groups excluding carboxylic acids is 1. The molecular formula is C50H50F6N14O11S2. The van der Waals surface area contributed by atoms with Crippen LogP contribution in [0.25, 0.3) is 33.9 Å². The van der Waals surface area contributed by atoms with Crippen molar-refractivity contribution in [3.63, 3.8) is 0 Å². The standard InChI is InChI=1S/C24H22F3N7O5S.C23H19F3N6O4.C3H9NO2S/c1-13-5-20(24(25,26)27)32-34(13)21-19(14-6-15(11-28-10-14)22(35)33-40(4,36)37)12-29-23(31-21)30-16-7-17(38-2)9-18(8-16)39-3;1-12-4-19(23(24,25)26)31-32(12)20-18(13-5-14(21(33)34)10-27-9-13)11-28-22(30-20)29-15-6-16(35-2)8-17(7-15)36-3;1-7(5,6)3-2-4/h5-12H,1-4H3,(H,33,35)(H,29,30,31);4-11H,1-3H3,(H,33,34)(H,28,29,30);2-4H2,1H3. The third-order valence-electron chi connectivity index (χ3n) is 10.9. The van der Waals surface area contributed by atoms with E-state index in [0.29, 0.717) is 34.4 Å². The van der Waals surface area contributed by atoms with Gasteiger partial charge in [0.25, 0.3) is 5.91 Å². The Hall–Kier alpha value is -9.50. The predicted octanol–water partition coefficient (Wildman–Crippen LogP) is 7.00. The Labute approximate surface area is 468 Å². The lowest BCUT2D eigenvalue weighted by Gasteiger charge is -2.14. The molecule has 0 atom stereocenters. The van der Waals surface area contributed by atoms with E-state index in [0.717, 1.165) is 40.1 Å². The summed E-state index contributed by atoms with van der Waals surface area (Å²) >= 11 is 0. The highest BCUT2D eigenvalue weighted by Gasteiger charge is 2.36. The van der Waals surface area contributed by atoms with Crippen molar-refractivity contribution < 1.29 is 76.8 Å². The second-order valence-corrected chi connectivity index (χ2v) is 21.3. The van der Waals surface area contributed by atoms with Gasteiger partial charge >= 0.3 is 18.3 Å². The third kappa shape index (κ3) is 17.0. The van der Waals surface area contributed by atoms with Crippen LogP contribution >= 0.6 is 0 Å². The SMILES string of the molecule is COc1cc(Nc2ncc(-c3cncc(C(=O)NS(C)(=O)=O)c3)c(-n3nc(C(F)(F)F)cc3C)n2)cc(OC)c1.COc1cc(Nc2ncc(-c3cncc(C(=O)O)c3)c(-n3nc(C(F)(F)F)cc3C)n2)cc(OC)c1.CS(=O)(=O)CCN. The molecule has 8 rings (SSSR count). The number of pyridine rings is 2. The fourth-order valence-electron chi connectivity index (χ4n) is 7.13. The summed E-state index contributed by atoms with van der Waals surface area (Å²) < 4.78 is 149. The zero-order chi connectivity index (χ0) is 61.2. The van der Waals surface area contributed by atoms with Crippen molar-refractivity contribution in [3.05, 3.63) is 132 Å². The number of benzene rings is 2. The number of aryl methyl sites for hydroxylation is 2. The molecule has 2 aromatic carbocycles. The van der Waals surface area contributed by atoms with E-state index in [2.05, 4.69) is 50.7 Å². The first-order chi connectivity index (χ1) is 38.9. The van der Waals surface area contributed by atoms with Crippen molar-refractivity contribution in [2.75, 3.05) is 63.9 Å². The van der Waals surface area contributed by atoms with E-state index in [-0.39, 0.29) is 80.6 Å². The summed E-state index contributed by atoms with van der Waals surface area (Å²) in [4.78, 5) is 49.1. The molecule has 0 aliphatic rings. The van der Waals surface area contributed by atoms with Crippen molar-refractivity contribution in [2.45, 2.75) is 26.2 Å². The number of carboxylic acids is 1. The maximum Gasteiger partial charge on any atom is 0.435 e. The van der Waals surface area contributed by atoms with E-state index in [1.807, 2.05) is 4.72 Å². The van der Waals surface area contributed by atoms with Crippen LogP contribution in [0.3, 0.4) is 0 Å². The molecule has 6 N–H and O–H groups in total. The molecule has 83 heavy (non-hydrogen) atoms. The molecule has 0 saturated carbocycles. The summed E-state index contributed by atoms with van der Waals surface area (Å²) in [6, 6.07) is 14.3. The largest absolute Gasteiger partial charge is 0.497 e. The van der Waals surface area contributed by atoms with Gasteiger partial charge in [0.05, 0.1) is 51.6 Å². The van der Waals surface area contributed by atoms with Crippen LogP contribution in [0.5, 0.6) is 23.0 Å². The van der Waals surface area contributed by atoms with Crippen LogP contribution in [0.15, 0.2) is 97.8 Å². The van der Waals surface area contributed by atoms with Gasteiger partial charge in [-0.2, -0.15) is 46.5 Å². The first-order valence-electron chi connectivity index (χ1n) is 23.5. The Morgan fingerprint density at radius 3 is 1.29 bits per heavy atom. The number of ether oxygens (including phenoxy) is 4. The molecule has 0 fully saturated rings. The van der Waals surface area contributed by atoms with Gasteiger partial charge in [0, 0.05) is 131 Å². The van der Waals surface area contributed by atoms with Gasteiger partial charge in [-0.3, -0.25) is 14.8 Å². The number of alkyl halides is 6. The Balaban J connectivity index is 0.000000240. The number of rotatable bonds is 17. The molecule has 8 aromatic rings. The molecule has 6 aromatic heterocycles. The number of carboxylic acid groups (broad SMARTS) is 1. The van der Waals surface area contributed by atoms with Crippen molar-refractivity contribution in [1.29, 1.82) is 0 Å². The second kappa shape index (κ2) is 26.0. The number of hydrogen-bond donors (Lipinski definition) is 5. The fourth-order valence-corrected chi connectivity index (χ4v) is 8.01. The molecule has 1 amide bonds. The van der Waals surface area contributed by atoms with Gasteiger partial charge in [-0.15, -0.1) is 0 Å². The van der Waals surface area contributed by atoms with Crippen LogP contribution in [-0.2, 0) is 32.2 Å². The van der Waals surface area contributed by atoms with Crippen molar-refractivity contribution in [1.82, 2.24) is 54.2 Å². The molecule has 33 heteroatoms. The van der Waals surface area contributed by atoms with E-state index in [1.54, 1.807) is 36.4 Å². The highest BCUT2D eigenvalue weighted by molar-refractivity contribution is 7.90. The molecule has 6 heterocycles. The topological polar surface area (TPSA) is 335 Å². The minimum absolute atomic E-state index is 0.00329. The number of hydrogen-bond acceptors (Lipinski definition) is 21. The number of methoxy groups -OCH3 is 4. The number of anilines is 4. The van der Waals surface area contributed by atoms with Gasteiger partial charge < -0.3 is 40.4 Å². The van der Waals surface area contributed by atoms with Crippen LogP contribution in [0.1, 0.15) is 43.5 Å². The molecule has 0 aliphatic carbocycles. The lowest BCUT2D eigenvalue weighted by atomic mass is 10.1. The van der Waals surface area contributed by atoms with E-state index >= 15 is 0 Å². The lowest BCUT2D eigenvalue weighted by molar-refractivity contribution is -0.142. The fraction of sp³-hybridized carbons (Fsp3) is 0.240. The Morgan fingerprint density at radius 1 is 0.590 bits per heavy atom. The number of nitrogens with two attached hydrogens (primary N) is 1. The highest BCUT2D eigenvalue weighted by Crippen LogP contribution is 2.36. The zero-order valence-corrected chi connectivity index (χ0v) is 46.4. The predicted molar refractivity (Wildman–Crippen MR) is 288 cm³/mol. The van der Waals surface area contributed by atoms with Gasteiger partial charge in [-0.1, -0.05) is 0 Å². The number of amides is 1. The molecule has 0 bridgehead atoms. The highest BCUT2D eigenvalue weighted by atomic mass is 32.2. The number of nitrogens with zero attached hydrogens (tertiary/aromatic N) is 10. The minimum atomic E-state index is -4.72. The van der Waals surface area contributed by atoms with Gasteiger partial charge in [0.2, 0.25) is 21.9 Å². The van der Waals surface area contributed by atoms with Crippen molar-refractivity contribution >= 4 is 55.0 Å². The smallest absolute Gasteiger partial charge is 0.435 e. The minimum Gasteiger partial charge on any atom is -0.497 e. The number of nitrogens with one attached hydrogen (secondary N) is 3. The van der Waals surface area contributed by atoms with E-state index in [9.17, 15) is 57.9 Å². The molecule has 0 radical (unpaired) electrons. The monoisotopic (exact) mass is 1200 g/mol. The maximum atomic E-state index is 13.5. The Bertz CT molecular complexity index is 3860. The number of halogens is 6. The van der Waals surface area contributed by atoms with Gasteiger partial charge in [0.15, 0.2) is 23.0 Å². The second-order valence-electron chi connectivity index (χ2n) is 17.3. The maximum absolute atomic E-state index is 13.5. The molecule has 0 saturated heterocycles. The molecular weight excluding hydrogens is 1150 g/mol. The number of aromatic carboxylic acids is 1. The summed E-state index contributed by atoms with van der Waals surface area (Å²) in [5.74, 6) is -0.211. The average molecular weight is 1200 g/mol. The van der Waals surface area contributed by atoms with E-state index in [4.69, 9.17) is 24.7 Å².